The van der Waals surface area contributed by atoms with E-state index in [2.05, 4.69) is 63.1 Å². The molecule has 19 N–H and O–H groups in total. The van der Waals surface area contributed by atoms with E-state index in [0.717, 1.165) is 48.2 Å². The van der Waals surface area contributed by atoms with Gasteiger partial charge >= 0.3 is 11.9 Å². The van der Waals surface area contributed by atoms with Gasteiger partial charge in [0, 0.05) is 140 Å². The summed E-state index contributed by atoms with van der Waals surface area (Å²) >= 11 is 2.59. The minimum atomic E-state index is -4.71. The van der Waals surface area contributed by atoms with Crippen LogP contribution in [0.5, 0.6) is 0 Å². The Balaban J connectivity index is 1.02. The van der Waals surface area contributed by atoms with Crippen molar-refractivity contribution in [2.24, 2.45) is 29.2 Å². The smallest absolute Gasteiger partial charge is 0.335 e. The zero-order valence-electron chi connectivity index (χ0n) is 80.1. The van der Waals surface area contributed by atoms with Gasteiger partial charge in [0.15, 0.2) is 5.78 Å². The zero-order chi connectivity index (χ0) is 104. The fourth-order valence-electron chi connectivity index (χ4n) is 17.1. The Bertz CT molecular complexity index is 6240. The molecule has 7 aromatic rings. The Morgan fingerprint density at radius 1 is 0.503 bits per heavy atom. The normalized spacial score (nSPS) is 26.0. The fraction of sp³-hybridized carbons (Fsp3) is 0.484. The average molecular weight is 2090 g/mol. The number of fused-ring (bicyclic) bond motifs is 12. The molecule has 4 aliphatic rings. The predicted octanol–water partition coefficient (Wildman–Crippen LogP) is 0.825. The van der Waals surface area contributed by atoms with Gasteiger partial charge in [-0.1, -0.05) is 126 Å². The highest BCUT2D eigenvalue weighted by Gasteiger charge is 2.44. The van der Waals surface area contributed by atoms with E-state index in [4.69, 9.17) is 11.5 Å². The van der Waals surface area contributed by atoms with Gasteiger partial charge in [-0.15, -0.1) is 0 Å². The number of hydrogen-bond donors (Lipinski definition) is 17. The lowest BCUT2D eigenvalue weighted by atomic mass is 9.93. The van der Waals surface area contributed by atoms with Gasteiger partial charge in [0.1, 0.15) is 60.4 Å². The lowest BCUT2D eigenvalue weighted by Gasteiger charge is -2.32. The van der Waals surface area contributed by atoms with Crippen LogP contribution in [0.4, 0.5) is 0 Å². The van der Waals surface area contributed by atoms with Crippen LogP contribution < -0.4 is 64.6 Å². The first-order valence-electron chi connectivity index (χ1n) is 46.8. The quantitative estimate of drug-likeness (QED) is 0.0717. The number of nitrogens with zero attached hydrogens (tertiary/aromatic N) is 4. The van der Waals surface area contributed by atoms with E-state index in [1.165, 1.54) is 57.7 Å². The van der Waals surface area contributed by atoms with Crippen molar-refractivity contribution < 1.29 is 112 Å². The summed E-state index contributed by atoms with van der Waals surface area (Å²) in [6.45, 7) is 6.28. The van der Waals surface area contributed by atoms with Gasteiger partial charge < -0.3 is 94.8 Å². The van der Waals surface area contributed by atoms with Crippen LogP contribution >= 0.6 is 35.3 Å². The van der Waals surface area contributed by atoms with E-state index in [1.54, 1.807) is 123 Å². The number of H-pyrrole nitrogens is 2. The number of carbonyl (C=O) groups excluding carboxylic acids is 13. The number of hydrogen-bond acceptors (Lipinski definition) is 26. The molecular formula is C95H124N18O24S6. The zero-order valence-corrected chi connectivity index (χ0v) is 85.0. The fourth-order valence-corrected chi connectivity index (χ4v) is 25.8. The number of carbonyl (C=O) groups is 15. The largest absolute Gasteiger partial charge is 0.481 e. The number of primary amides is 1. The number of rotatable bonds is 14. The summed E-state index contributed by atoms with van der Waals surface area (Å²) in [5, 5.41) is 59.4. The van der Waals surface area contributed by atoms with Crippen LogP contribution in [0.1, 0.15) is 135 Å². The van der Waals surface area contributed by atoms with Crippen LogP contribution in [0, 0.1) is 17.8 Å². The number of thioether (sulfide) groups is 3. The number of carboxylic acid groups (broad SMARTS) is 2. The SMILES string of the molecule is CC[C@@H]1CC(=O)[C@H]([C@@H](C)O)NC(=O)[C@@H](NC(=O)[C@@H](C)N)CSCCS(=O)(=O)N2Cc3cccc(c3)CN3Cc4cc(cc(C(=O)O)c4)CN(Cc4cccc(c4)C2)S(=O)(=O)CCSC[C@H](NC1=O)C(=O)N[C@@H](Cc1c[nH]c2ccccc12)C(=O)N[C@@H](C(C)C)C(=O)N[C@@H](CC(=O)O)C(=O)NCC(=O)N[C@@H](Cc1c[nH]c2ccccc12)C(=O)N[C@@H](C(C)C)C(=O)N1CCC[C@H]1C(=O)N[C@H](C(N)=O)CSCCS3(=O)=O. The summed E-state index contributed by atoms with van der Waals surface area (Å²) in [4.78, 5) is 224. The van der Waals surface area contributed by atoms with Crippen molar-refractivity contribution in [1.82, 2.24) is 81.0 Å². The third-order valence-corrected chi connectivity index (χ3v) is 34.2. The minimum absolute atomic E-state index is 0.0201. The number of carboxylic acids is 2. The molecule has 6 heterocycles. The molecule has 3 unspecified atom stereocenters. The first kappa shape index (κ1) is 111. The van der Waals surface area contributed by atoms with Crippen LogP contribution in [0.25, 0.3) is 21.8 Å². The number of para-hydroxylation sites is 2. The van der Waals surface area contributed by atoms with Crippen molar-refractivity contribution in [3.8, 4) is 0 Å². The number of aromatic carboxylic acids is 1. The molecule has 143 heavy (non-hydrogen) atoms. The molecule has 12 amide bonds. The maximum atomic E-state index is 15.7. The average Bonchev–Trinajstić information content (AvgIpc) is 1.45. The Morgan fingerprint density at radius 3 is 1.45 bits per heavy atom. The summed E-state index contributed by atoms with van der Waals surface area (Å²) in [6.07, 6.45) is -0.911. The molecule has 774 valence electrons. The molecule has 42 nitrogen and oxygen atoms in total. The molecule has 0 radical (unpaired) electrons. The molecular weight excluding hydrogens is 1970 g/mol. The van der Waals surface area contributed by atoms with Crippen LogP contribution in [0.3, 0.4) is 0 Å². The van der Waals surface area contributed by atoms with Gasteiger partial charge in [-0.25, -0.2) is 30.0 Å². The van der Waals surface area contributed by atoms with Crippen molar-refractivity contribution in [3.63, 3.8) is 0 Å². The second kappa shape index (κ2) is 50.6. The second-order valence-corrected chi connectivity index (χ2v) is 46.4. The first-order valence-corrected chi connectivity index (χ1v) is 55.1. The number of aromatic amines is 2. The van der Waals surface area contributed by atoms with Gasteiger partial charge in [0.2, 0.25) is 101 Å². The molecule has 48 heteroatoms. The molecule has 4 aliphatic heterocycles. The second-order valence-electron chi connectivity index (χ2n) is 36.7. The Hall–Kier alpha value is -11.9. The molecule has 2 aromatic heterocycles. The van der Waals surface area contributed by atoms with E-state index < -0.39 is 295 Å². The minimum Gasteiger partial charge on any atom is -0.481 e. The third-order valence-electron chi connectivity index (χ3n) is 24.9. The highest BCUT2D eigenvalue weighted by atomic mass is 32.2. The standard InChI is InChI=1S/C95H124N18O24S6/c1-8-63-39-78(115)83(56(7)114)109-91(126)76(105-85(120)55(6)96)52-140-27-30-141(132,133)110-44-57-16-13-18-59(32-57)46-111-48-61-34-62(36-64(35-61)95(130)131)49-112(47-60-19-14-17-58(33-60)45-110)143(136,137)31-28-139-51-75(106-86(63)121)90(125)102-72(38-66-42-99-70-23-12-10-21-68(66)70)89(124)107-81(53(2)3)93(128)103-73(40-80(117)118)87(122)100-43-79(116)101-71(37-65-41-98-69-22-11-9-20-67(65)69)88(123)108-82(54(4)5)94(129)113-25-15-24-77(113)92(127)104-74(84(97)119)50-138-26-29-142(111,134)135/h9-14,16-23,32-36,41-42,53-56,63,71-77,81-83,98-99,114H,8,15,24-31,37-40,43-52,96H2,1-7H3,(H2,97,119)(H,100,122)(H,101,116)(H,102,125)(H,103,128)(H,104,127)(H,105,120)(H,106,121)(H,107,124)(H,108,123)(H,109,126)(H,117,118)(H,130,131)/t55-,56-,63-,71+,72+,73+,74+,75+,76+,77+,81+,82+,83+/m1/s1. The van der Waals surface area contributed by atoms with E-state index in [-0.39, 0.29) is 85.0 Å². The Labute approximate surface area is 840 Å². The molecule has 0 aliphatic carbocycles. The summed E-state index contributed by atoms with van der Waals surface area (Å²) in [5.74, 6) is -23.5. The molecule has 1 fully saturated rings. The number of benzene rings is 5. The first-order chi connectivity index (χ1) is 67.7. The summed E-state index contributed by atoms with van der Waals surface area (Å²) < 4.78 is 95.8. The molecule has 16 atom stereocenters. The molecule has 5 aromatic carbocycles. The van der Waals surface area contributed by atoms with Crippen molar-refractivity contribution in [2.45, 2.75) is 205 Å². The van der Waals surface area contributed by atoms with Gasteiger partial charge in [-0.2, -0.15) is 48.2 Å². The number of amides is 12. The van der Waals surface area contributed by atoms with Crippen molar-refractivity contribution in [1.29, 1.82) is 0 Å². The van der Waals surface area contributed by atoms with Crippen LogP contribution in [0.15, 0.2) is 128 Å². The summed E-state index contributed by atoms with van der Waals surface area (Å²) in [5.41, 5.74) is 15.0. The summed E-state index contributed by atoms with van der Waals surface area (Å²) in [7, 11) is -13.8. The van der Waals surface area contributed by atoms with Gasteiger partial charge in [0.05, 0.1) is 47.9 Å². The number of sulfonamides is 3. The van der Waals surface area contributed by atoms with Crippen LogP contribution in [-0.2, 0) is 149 Å². The highest BCUT2D eigenvalue weighted by molar-refractivity contribution is 8.01. The van der Waals surface area contributed by atoms with Crippen molar-refractivity contribution in [2.75, 3.05) is 64.9 Å². The van der Waals surface area contributed by atoms with Gasteiger partial charge in [-0.05, 0) is 114 Å². The van der Waals surface area contributed by atoms with Gasteiger partial charge in [0.25, 0.3) is 0 Å². The van der Waals surface area contributed by atoms with E-state index in [0.29, 0.717) is 49.6 Å². The number of aliphatic carboxylic acids is 1. The number of ketones is 1. The lowest BCUT2D eigenvalue weighted by Crippen LogP contribution is -2.61. The van der Waals surface area contributed by atoms with Crippen molar-refractivity contribution in [3.05, 3.63) is 178 Å². The number of aliphatic hydroxyl groups is 1. The molecule has 11 rings (SSSR count). The maximum Gasteiger partial charge on any atom is 0.335 e. The number of nitrogens with one attached hydrogen (secondary N) is 12. The molecule has 0 spiro atoms. The van der Waals surface area contributed by atoms with Crippen LogP contribution in [-0.4, -0.2) is 294 Å². The third kappa shape index (κ3) is 30.9. The molecule has 10 bridgehead atoms. The highest BCUT2D eigenvalue weighted by Crippen LogP contribution is 2.30. The lowest BCUT2D eigenvalue weighted by molar-refractivity contribution is -0.143. The van der Waals surface area contributed by atoms with Crippen LogP contribution in [0.2, 0.25) is 0 Å². The van der Waals surface area contributed by atoms with Crippen molar-refractivity contribution >= 4 is 176 Å². The molecule has 0 saturated carbocycles. The maximum absolute atomic E-state index is 15.7. The van der Waals surface area contributed by atoms with E-state index >= 15 is 44.4 Å². The topological polar surface area (TPSA) is 636 Å². The number of nitrogens with two attached hydrogens (primary N) is 2. The van der Waals surface area contributed by atoms with E-state index in [1.807, 2.05) is 0 Å². The Kier molecular flexibility index (Phi) is 39.4. The number of Topliss-reactive ketones (excluding diaryl/α,β-unsaturated/α-hetero) is 1. The monoisotopic (exact) mass is 2090 g/mol. The predicted molar refractivity (Wildman–Crippen MR) is 536 cm³/mol. The number of aromatic nitrogens is 2. The van der Waals surface area contributed by atoms with E-state index in [9.17, 15) is 68.1 Å². The summed E-state index contributed by atoms with van der Waals surface area (Å²) in [6, 6.07) is 12.8. The van der Waals surface area contributed by atoms with Gasteiger partial charge in [-0.3, -0.25) is 67.1 Å². The number of aliphatic hydroxyl groups excluding tert-OH is 1. The molecule has 1 saturated heterocycles. The Morgan fingerprint density at radius 2 is 0.972 bits per heavy atom.